The first-order valence-electron chi connectivity index (χ1n) is 3.77. The number of hydrogen-bond acceptors (Lipinski definition) is 4. The van der Waals surface area contributed by atoms with E-state index in [0.29, 0.717) is 12.5 Å². The van der Waals surface area contributed by atoms with Crippen molar-refractivity contribution >= 4 is 18.4 Å². The lowest BCUT2D eigenvalue weighted by atomic mass is 10.3. The summed E-state index contributed by atoms with van der Waals surface area (Å²) in [6.07, 6.45) is 2.28. The van der Waals surface area contributed by atoms with E-state index in [1.165, 1.54) is 0 Å². The van der Waals surface area contributed by atoms with E-state index in [1.807, 2.05) is 0 Å². The summed E-state index contributed by atoms with van der Waals surface area (Å²) in [5.74, 6) is 0.0456. The van der Waals surface area contributed by atoms with Gasteiger partial charge in [-0.3, -0.25) is 4.79 Å². The van der Waals surface area contributed by atoms with Gasteiger partial charge in [0.25, 0.3) is 0 Å². The molecule has 0 amide bonds. The Morgan fingerprint density at radius 2 is 2.25 bits per heavy atom. The van der Waals surface area contributed by atoms with Gasteiger partial charge in [0.05, 0.1) is 13.2 Å². The molecule has 0 aromatic carbocycles. The monoisotopic (exact) mass is 195 g/mol. The number of carbonyl (C=O) groups excluding carboxylic acids is 1. The predicted molar refractivity (Wildman–Crippen MR) is 46.0 cm³/mol. The molecule has 0 bridgehead atoms. The highest BCUT2D eigenvalue weighted by atomic mass is 35.5. The number of aliphatic hydroxyl groups is 1. The average Bonchev–Trinajstić information content (AvgIpc) is 2.81. The largest absolute Gasteiger partial charge is 0.464 e. The summed E-state index contributed by atoms with van der Waals surface area (Å²) < 4.78 is 4.79. The van der Waals surface area contributed by atoms with Gasteiger partial charge in [-0.1, -0.05) is 0 Å². The van der Waals surface area contributed by atoms with Crippen LogP contribution in [0.4, 0.5) is 0 Å². The van der Waals surface area contributed by atoms with Crippen LogP contribution in [-0.4, -0.2) is 30.3 Å². The van der Waals surface area contributed by atoms with E-state index in [4.69, 9.17) is 15.6 Å². The Bertz CT molecular complexity index is 150. The first-order chi connectivity index (χ1) is 5.24. The minimum atomic E-state index is -0.867. The Labute approximate surface area is 77.5 Å². The summed E-state index contributed by atoms with van der Waals surface area (Å²) in [7, 11) is 0. The normalized spacial score (nSPS) is 17.8. The van der Waals surface area contributed by atoms with Gasteiger partial charge in [0, 0.05) is 0 Å². The van der Waals surface area contributed by atoms with E-state index in [1.54, 1.807) is 0 Å². The fourth-order valence-corrected chi connectivity index (χ4v) is 0.666. The van der Waals surface area contributed by atoms with E-state index in [-0.39, 0.29) is 19.0 Å². The Morgan fingerprint density at radius 1 is 1.67 bits per heavy atom. The molecule has 12 heavy (non-hydrogen) atoms. The van der Waals surface area contributed by atoms with Crippen molar-refractivity contribution in [2.24, 2.45) is 11.7 Å². The minimum absolute atomic E-state index is 0. The van der Waals surface area contributed by atoms with Gasteiger partial charge in [-0.05, 0) is 18.8 Å². The molecule has 3 N–H and O–H groups in total. The van der Waals surface area contributed by atoms with Gasteiger partial charge in [0.15, 0.2) is 0 Å². The molecule has 0 aromatic heterocycles. The third-order valence-electron chi connectivity index (χ3n) is 1.66. The Kier molecular flexibility index (Phi) is 5.20. The van der Waals surface area contributed by atoms with Crippen molar-refractivity contribution < 1.29 is 14.6 Å². The Morgan fingerprint density at radius 3 is 2.67 bits per heavy atom. The van der Waals surface area contributed by atoms with Crippen molar-refractivity contribution in [3.63, 3.8) is 0 Å². The number of esters is 1. The third kappa shape index (κ3) is 3.90. The van der Waals surface area contributed by atoms with Crippen LogP contribution < -0.4 is 5.73 Å². The molecule has 1 aliphatic rings. The smallest absolute Gasteiger partial charge is 0.325 e. The lowest BCUT2D eigenvalue weighted by molar-refractivity contribution is -0.146. The quantitative estimate of drug-likeness (QED) is 0.604. The van der Waals surface area contributed by atoms with Crippen LogP contribution in [0.2, 0.25) is 0 Å². The van der Waals surface area contributed by atoms with Gasteiger partial charge in [-0.2, -0.15) is 0 Å². The number of halogens is 1. The van der Waals surface area contributed by atoms with E-state index in [9.17, 15) is 4.79 Å². The molecular formula is C7H14ClNO3. The van der Waals surface area contributed by atoms with Crippen LogP contribution in [0, 0.1) is 5.92 Å². The zero-order valence-electron chi connectivity index (χ0n) is 6.73. The van der Waals surface area contributed by atoms with Gasteiger partial charge >= 0.3 is 5.97 Å². The van der Waals surface area contributed by atoms with Gasteiger partial charge in [-0.15, -0.1) is 12.4 Å². The molecule has 0 spiro atoms. The van der Waals surface area contributed by atoms with Gasteiger partial charge in [0.2, 0.25) is 0 Å². The molecule has 5 heteroatoms. The summed E-state index contributed by atoms with van der Waals surface area (Å²) in [4.78, 5) is 10.8. The molecule has 0 radical (unpaired) electrons. The first-order valence-corrected chi connectivity index (χ1v) is 3.77. The average molecular weight is 196 g/mol. The first kappa shape index (κ1) is 11.7. The Hall–Kier alpha value is -0.320. The highest BCUT2D eigenvalue weighted by molar-refractivity contribution is 5.85. The zero-order chi connectivity index (χ0) is 8.27. The molecular weight excluding hydrogens is 182 g/mol. The molecule has 0 saturated heterocycles. The molecule has 0 aliphatic heterocycles. The summed E-state index contributed by atoms with van der Waals surface area (Å²) in [5.41, 5.74) is 5.20. The number of ether oxygens (including phenoxy) is 1. The molecule has 4 nitrogen and oxygen atoms in total. The fourth-order valence-electron chi connectivity index (χ4n) is 0.666. The fraction of sp³-hybridized carbons (Fsp3) is 0.857. The maximum absolute atomic E-state index is 10.8. The molecule has 0 heterocycles. The Balaban J connectivity index is 0.00000121. The van der Waals surface area contributed by atoms with Gasteiger partial charge < -0.3 is 15.6 Å². The van der Waals surface area contributed by atoms with Crippen LogP contribution >= 0.6 is 12.4 Å². The molecule has 0 aromatic rings. The lowest BCUT2D eigenvalue weighted by Crippen LogP contribution is -2.35. The van der Waals surface area contributed by atoms with Crippen molar-refractivity contribution in [3.8, 4) is 0 Å². The van der Waals surface area contributed by atoms with Crippen LogP contribution in [0.25, 0.3) is 0 Å². The SMILES string of the molecule is Cl.NC(CO)C(=O)OCC1CC1. The number of rotatable bonds is 4. The highest BCUT2D eigenvalue weighted by Gasteiger charge is 2.24. The number of aliphatic hydroxyl groups excluding tert-OH is 1. The van der Waals surface area contributed by atoms with Gasteiger partial charge in [-0.25, -0.2) is 0 Å². The van der Waals surface area contributed by atoms with E-state index in [0.717, 1.165) is 12.8 Å². The van der Waals surface area contributed by atoms with Gasteiger partial charge in [0.1, 0.15) is 6.04 Å². The lowest BCUT2D eigenvalue weighted by Gasteiger charge is -2.07. The number of carbonyl (C=O) groups is 1. The summed E-state index contributed by atoms with van der Waals surface area (Å²) in [6.45, 7) is 0.121. The minimum Gasteiger partial charge on any atom is -0.464 e. The predicted octanol–water partition coefficient (Wildman–Crippen LogP) is -0.319. The molecule has 1 unspecified atom stereocenters. The third-order valence-corrected chi connectivity index (χ3v) is 1.66. The van der Waals surface area contributed by atoms with Crippen LogP contribution in [0.1, 0.15) is 12.8 Å². The van der Waals surface area contributed by atoms with Crippen molar-refractivity contribution in [3.05, 3.63) is 0 Å². The second kappa shape index (κ2) is 5.35. The van der Waals surface area contributed by atoms with Crippen molar-refractivity contribution in [2.75, 3.05) is 13.2 Å². The summed E-state index contributed by atoms with van der Waals surface area (Å²) >= 11 is 0. The van der Waals surface area contributed by atoms with Crippen molar-refractivity contribution in [1.82, 2.24) is 0 Å². The standard InChI is InChI=1S/C7H13NO3.ClH/c8-6(3-9)7(10)11-4-5-1-2-5;/h5-6,9H,1-4,8H2;1H. The van der Waals surface area contributed by atoms with Crippen LogP contribution in [0.15, 0.2) is 0 Å². The number of hydrogen-bond donors (Lipinski definition) is 2. The van der Waals surface area contributed by atoms with Crippen molar-refractivity contribution in [2.45, 2.75) is 18.9 Å². The maximum Gasteiger partial charge on any atom is 0.325 e. The van der Waals surface area contributed by atoms with Crippen LogP contribution in [0.5, 0.6) is 0 Å². The molecule has 1 rings (SSSR count). The zero-order valence-corrected chi connectivity index (χ0v) is 7.55. The second-order valence-corrected chi connectivity index (χ2v) is 2.86. The van der Waals surface area contributed by atoms with Crippen LogP contribution in [0.3, 0.4) is 0 Å². The summed E-state index contributed by atoms with van der Waals surface area (Å²) in [6, 6.07) is -0.867. The number of nitrogens with two attached hydrogens (primary N) is 1. The summed E-state index contributed by atoms with van der Waals surface area (Å²) in [5, 5.41) is 8.46. The van der Waals surface area contributed by atoms with E-state index < -0.39 is 12.0 Å². The maximum atomic E-state index is 10.8. The molecule has 1 atom stereocenters. The molecule has 72 valence electrons. The topological polar surface area (TPSA) is 72.5 Å². The second-order valence-electron chi connectivity index (χ2n) is 2.86. The van der Waals surface area contributed by atoms with Crippen LogP contribution in [-0.2, 0) is 9.53 Å². The van der Waals surface area contributed by atoms with Crippen molar-refractivity contribution in [1.29, 1.82) is 0 Å². The van der Waals surface area contributed by atoms with E-state index >= 15 is 0 Å². The highest BCUT2D eigenvalue weighted by Crippen LogP contribution is 2.28. The molecule has 1 saturated carbocycles. The molecule has 1 fully saturated rings. The molecule has 1 aliphatic carbocycles. The van der Waals surface area contributed by atoms with E-state index in [2.05, 4.69) is 0 Å².